The van der Waals surface area contributed by atoms with Crippen LogP contribution >= 0.6 is 0 Å². The molecule has 1 atom stereocenters. The van der Waals surface area contributed by atoms with Gasteiger partial charge in [-0.1, -0.05) is 32.8 Å². The molecule has 1 N–H and O–H groups in total. The highest BCUT2D eigenvalue weighted by molar-refractivity contribution is 5.75. The van der Waals surface area contributed by atoms with Crippen molar-refractivity contribution in [2.75, 3.05) is 0 Å². The molecule has 0 amide bonds. The molecule has 18 heavy (non-hydrogen) atoms. The Morgan fingerprint density at radius 3 is 2.89 bits per heavy atom. The summed E-state index contributed by atoms with van der Waals surface area (Å²) >= 11 is 0. The van der Waals surface area contributed by atoms with E-state index < -0.39 is 0 Å². The molecule has 1 fully saturated rings. The molecule has 1 unspecified atom stereocenters. The third-order valence-corrected chi connectivity index (χ3v) is 4.32. The van der Waals surface area contributed by atoms with E-state index in [0.717, 1.165) is 17.8 Å². The smallest absolute Gasteiger partial charge is 0.151 e. The van der Waals surface area contributed by atoms with Crippen LogP contribution in [0.4, 0.5) is 4.39 Å². The van der Waals surface area contributed by atoms with Gasteiger partial charge in [-0.3, -0.25) is 0 Å². The normalized spacial score (nSPS) is 23.4. The summed E-state index contributed by atoms with van der Waals surface area (Å²) in [7, 11) is 0. The minimum Gasteiger partial charge on any atom is -0.342 e. The molecule has 1 aromatic carbocycles. The summed E-state index contributed by atoms with van der Waals surface area (Å²) < 4.78 is 13.7. The van der Waals surface area contributed by atoms with Gasteiger partial charge in [0, 0.05) is 5.92 Å². The second-order valence-electron chi connectivity index (χ2n) is 6.04. The summed E-state index contributed by atoms with van der Waals surface area (Å²) in [6.07, 6.45) is 4.90. The Labute approximate surface area is 107 Å². The lowest BCUT2D eigenvalue weighted by Gasteiger charge is -2.37. The second-order valence-corrected chi connectivity index (χ2v) is 6.04. The Bertz CT molecular complexity index is 571. The van der Waals surface area contributed by atoms with Gasteiger partial charge in [-0.25, -0.2) is 9.37 Å². The number of hydrogen-bond donors (Lipinski definition) is 1. The summed E-state index contributed by atoms with van der Waals surface area (Å²) in [6.45, 7) is 4.58. The maximum absolute atomic E-state index is 13.7. The van der Waals surface area contributed by atoms with E-state index in [1.54, 1.807) is 6.07 Å². The van der Waals surface area contributed by atoms with Crippen LogP contribution in [0.1, 0.15) is 51.3 Å². The zero-order valence-electron chi connectivity index (χ0n) is 11.0. The third kappa shape index (κ3) is 1.82. The van der Waals surface area contributed by atoms with E-state index in [4.69, 9.17) is 0 Å². The minimum absolute atomic E-state index is 0.233. The SMILES string of the molecule is CC1(C)CCCCC1c1nc2c(F)cccc2[nH]1. The average molecular weight is 246 g/mol. The number of imidazole rings is 1. The lowest BCUT2D eigenvalue weighted by molar-refractivity contribution is 0.193. The van der Waals surface area contributed by atoms with Gasteiger partial charge >= 0.3 is 0 Å². The van der Waals surface area contributed by atoms with Gasteiger partial charge in [-0.2, -0.15) is 0 Å². The fourth-order valence-corrected chi connectivity index (χ4v) is 3.18. The van der Waals surface area contributed by atoms with E-state index in [-0.39, 0.29) is 11.2 Å². The van der Waals surface area contributed by atoms with E-state index in [0.29, 0.717) is 11.4 Å². The summed E-state index contributed by atoms with van der Waals surface area (Å²) in [6, 6.07) is 5.09. The predicted octanol–water partition coefficient (Wildman–Crippen LogP) is 4.39. The Morgan fingerprint density at radius 1 is 1.33 bits per heavy atom. The van der Waals surface area contributed by atoms with E-state index in [1.807, 2.05) is 6.07 Å². The first-order valence-corrected chi connectivity index (χ1v) is 6.72. The highest BCUT2D eigenvalue weighted by Gasteiger charge is 2.35. The van der Waals surface area contributed by atoms with Crippen molar-refractivity contribution in [3.8, 4) is 0 Å². The first-order valence-electron chi connectivity index (χ1n) is 6.72. The van der Waals surface area contributed by atoms with Crippen molar-refractivity contribution in [1.82, 2.24) is 9.97 Å². The molecule has 0 aliphatic heterocycles. The molecule has 0 spiro atoms. The Balaban J connectivity index is 2.06. The minimum atomic E-state index is -0.233. The summed E-state index contributed by atoms with van der Waals surface area (Å²) in [5.41, 5.74) is 1.54. The molecule has 3 heteroatoms. The molecular formula is C15H19FN2. The molecule has 1 heterocycles. The summed E-state index contributed by atoms with van der Waals surface area (Å²) in [5, 5.41) is 0. The zero-order valence-corrected chi connectivity index (χ0v) is 11.0. The highest BCUT2D eigenvalue weighted by Crippen LogP contribution is 2.46. The van der Waals surface area contributed by atoms with Crippen LogP contribution in [0.25, 0.3) is 11.0 Å². The number of H-pyrrole nitrogens is 1. The molecular weight excluding hydrogens is 227 g/mol. The van der Waals surface area contributed by atoms with Crippen LogP contribution < -0.4 is 0 Å². The molecule has 1 aromatic heterocycles. The van der Waals surface area contributed by atoms with E-state index in [2.05, 4.69) is 23.8 Å². The number of benzene rings is 1. The topological polar surface area (TPSA) is 28.7 Å². The van der Waals surface area contributed by atoms with Crippen molar-refractivity contribution in [3.05, 3.63) is 29.8 Å². The maximum Gasteiger partial charge on any atom is 0.151 e. The third-order valence-electron chi connectivity index (χ3n) is 4.32. The van der Waals surface area contributed by atoms with Gasteiger partial charge in [0.25, 0.3) is 0 Å². The van der Waals surface area contributed by atoms with Gasteiger partial charge in [-0.15, -0.1) is 0 Å². The second kappa shape index (κ2) is 4.08. The van der Waals surface area contributed by atoms with Crippen molar-refractivity contribution in [2.45, 2.75) is 45.4 Å². The van der Waals surface area contributed by atoms with E-state index in [1.165, 1.54) is 25.3 Å². The Kier molecular flexibility index (Phi) is 2.65. The summed E-state index contributed by atoms with van der Waals surface area (Å²) in [5.74, 6) is 1.14. The number of nitrogens with zero attached hydrogens (tertiary/aromatic N) is 1. The summed E-state index contributed by atoms with van der Waals surface area (Å²) in [4.78, 5) is 7.81. The van der Waals surface area contributed by atoms with Crippen LogP contribution in [0.2, 0.25) is 0 Å². The highest BCUT2D eigenvalue weighted by atomic mass is 19.1. The molecule has 0 saturated heterocycles. The molecule has 2 aromatic rings. The molecule has 1 saturated carbocycles. The first kappa shape index (κ1) is 11.7. The van der Waals surface area contributed by atoms with Gasteiger partial charge in [0.15, 0.2) is 5.82 Å². The maximum atomic E-state index is 13.7. The van der Waals surface area contributed by atoms with Crippen molar-refractivity contribution in [2.24, 2.45) is 5.41 Å². The quantitative estimate of drug-likeness (QED) is 0.794. The van der Waals surface area contributed by atoms with Crippen LogP contribution in [0.5, 0.6) is 0 Å². The predicted molar refractivity (Wildman–Crippen MR) is 71.0 cm³/mol. The van der Waals surface area contributed by atoms with Crippen LogP contribution in [0.3, 0.4) is 0 Å². The van der Waals surface area contributed by atoms with E-state index in [9.17, 15) is 4.39 Å². The number of rotatable bonds is 1. The van der Waals surface area contributed by atoms with Gasteiger partial charge in [0.2, 0.25) is 0 Å². The van der Waals surface area contributed by atoms with E-state index >= 15 is 0 Å². The largest absolute Gasteiger partial charge is 0.342 e. The van der Waals surface area contributed by atoms with Gasteiger partial charge in [0.05, 0.1) is 5.52 Å². The number of aromatic nitrogens is 2. The van der Waals surface area contributed by atoms with Crippen molar-refractivity contribution in [3.63, 3.8) is 0 Å². The van der Waals surface area contributed by atoms with Crippen LogP contribution in [0.15, 0.2) is 18.2 Å². The molecule has 0 radical (unpaired) electrons. The zero-order chi connectivity index (χ0) is 12.8. The fraction of sp³-hybridized carbons (Fsp3) is 0.533. The molecule has 1 aliphatic rings. The van der Waals surface area contributed by atoms with Gasteiger partial charge < -0.3 is 4.98 Å². The van der Waals surface area contributed by atoms with Crippen molar-refractivity contribution < 1.29 is 4.39 Å². The first-order chi connectivity index (χ1) is 8.58. The molecule has 1 aliphatic carbocycles. The number of nitrogens with one attached hydrogen (secondary N) is 1. The standard InChI is InChI=1S/C15H19FN2/c1-15(2)9-4-3-6-10(15)14-17-12-8-5-7-11(16)13(12)18-14/h5,7-8,10H,3-4,6,9H2,1-2H3,(H,17,18). The van der Waals surface area contributed by atoms with Gasteiger partial charge in [0.1, 0.15) is 11.3 Å². The molecule has 3 rings (SSSR count). The molecule has 2 nitrogen and oxygen atoms in total. The van der Waals surface area contributed by atoms with Crippen LogP contribution in [-0.2, 0) is 0 Å². The fourth-order valence-electron chi connectivity index (χ4n) is 3.18. The number of aromatic amines is 1. The van der Waals surface area contributed by atoms with Crippen molar-refractivity contribution >= 4 is 11.0 Å². The lowest BCUT2D eigenvalue weighted by atomic mass is 9.68. The van der Waals surface area contributed by atoms with Crippen LogP contribution in [-0.4, -0.2) is 9.97 Å². The number of halogens is 1. The number of hydrogen-bond acceptors (Lipinski definition) is 1. The molecule has 96 valence electrons. The molecule has 0 bridgehead atoms. The average Bonchev–Trinajstić information content (AvgIpc) is 2.73. The lowest BCUT2D eigenvalue weighted by Crippen LogP contribution is -2.26. The number of fused-ring (bicyclic) bond motifs is 1. The van der Waals surface area contributed by atoms with Crippen molar-refractivity contribution in [1.29, 1.82) is 0 Å². The Hall–Kier alpha value is -1.38. The monoisotopic (exact) mass is 246 g/mol. The van der Waals surface area contributed by atoms with Gasteiger partial charge in [-0.05, 0) is 30.4 Å². The number of para-hydroxylation sites is 1. The van der Waals surface area contributed by atoms with Crippen LogP contribution in [0, 0.1) is 11.2 Å². The Morgan fingerprint density at radius 2 is 2.17 bits per heavy atom.